The van der Waals surface area contributed by atoms with Gasteiger partial charge in [0.1, 0.15) is 18.8 Å². The van der Waals surface area contributed by atoms with Gasteiger partial charge in [0.05, 0.1) is 17.4 Å². The molecule has 0 spiro atoms. The third kappa shape index (κ3) is 10.4. The first kappa shape index (κ1) is 32.5. The molecule has 0 fully saturated rings. The first-order chi connectivity index (χ1) is 19.0. The van der Waals surface area contributed by atoms with Gasteiger partial charge in [-0.25, -0.2) is 4.79 Å². The van der Waals surface area contributed by atoms with Crippen molar-refractivity contribution in [2.75, 3.05) is 6.61 Å². The molecule has 0 saturated carbocycles. The molecule has 40 heavy (non-hydrogen) atoms. The van der Waals surface area contributed by atoms with Crippen LogP contribution in [-0.4, -0.2) is 42.6 Å². The molecule has 0 amide bonds. The molecule has 4 atom stereocenters. The summed E-state index contributed by atoms with van der Waals surface area (Å²) >= 11 is 0. The van der Waals surface area contributed by atoms with E-state index in [2.05, 4.69) is 0 Å². The van der Waals surface area contributed by atoms with Crippen LogP contribution in [0.1, 0.15) is 76.2 Å². The maximum atomic E-state index is 12.6. The second-order valence-electron chi connectivity index (χ2n) is 10.0. The lowest BCUT2D eigenvalue weighted by Gasteiger charge is -2.18. The van der Waals surface area contributed by atoms with Crippen molar-refractivity contribution < 1.29 is 38.1 Å². The van der Waals surface area contributed by atoms with E-state index in [4.69, 9.17) is 24.7 Å². The number of rotatable bonds is 15. The van der Waals surface area contributed by atoms with Crippen LogP contribution < -0.4 is 15.2 Å². The number of hydrogen-bond acceptors (Lipinski definition) is 9. The fourth-order valence-electron chi connectivity index (χ4n) is 3.87. The van der Waals surface area contributed by atoms with E-state index >= 15 is 0 Å². The van der Waals surface area contributed by atoms with E-state index in [1.807, 2.05) is 13.8 Å². The number of esters is 4. The lowest BCUT2D eigenvalue weighted by molar-refractivity contribution is -0.151. The fraction of sp³-hybridized carbons (Fsp3) is 0.484. The summed E-state index contributed by atoms with van der Waals surface area (Å²) in [5.74, 6) is -2.51. The average Bonchev–Trinajstić information content (AvgIpc) is 2.93. The zero-order valence-corrected chi connectivity index (χ0v) is 24.0. The monoisotopic (exact) mass is 555 g/mol. The molecule has 2 rings (SSSR count). The van der Waals surface area contributed by atoms with Crippen LogP contribution in [0.2, 0.25) is 0 Å². The molecule has 0 bridgehead atoms. The highest BCUT2D eigenvalue weighted by Crippen LogP contribution is 2.31. The Labute approximate surface area is 236 Å². The van der Waals surface area contributed by atoms with Gasteiger partial charge in [0.25, 0.3) is 0 Å². The molecular weight excluding hydrogens is 514 g/mol. The Hall–Kier alpha value is -3.72. The van der Waals surface area contributed by atoms with E-state index in [1.54, 1.807) is 63.2 Å². The van der Waals surface area contributed by atoms with Gasteiger partial charge in [0.15, 0.2) is 11.5 Å². The van der Waals surface area contributed by atoms with E-state index in [0.29, 0.717) is 24.0 Å². The second-order valence-corrected chi connectivity index (χ2v) is 10.0. The lowest BCUT2D eigenvalue weighted by atomic mass is 10.0. The average molecular weight is 556 g/mol. The van der Waals surface area contributed by atoms with Crippen molar-refractivity contribution in [2.24, 2.45) is 17.6 Å². The quantitative estimate of drug-likeness (QED) is 0.237. The third-order valence-corrected chi connectivity index (χ3v) is 6.21. The Balaban J connectivity index is 2.06. The molecule has 0 aliphatic rings. The summed E-state index contributed by atoms with van der Waals surface area (Å²) in [6.45, 7) is 8.98. The molecule has 218 valence electrons. The van der Waals surface area contributed by atoms with Crippen molar-refractivity contribution in [3.05, 3.63) is 59.7 Å². The van der Waals surface area contributed by atoms with E-state index in [9.17, 15) is 19.2 Å². The van der Waals surface area contributed by atoms with Crippen LogP contribution in [0.25, 0.3) is 0 Å². The molecule has 0 aliphatic heterocycles. The highest BCUT2D eigenvalue weighted by Gasteiger charge is 2.24. The minimum absolute atomic E-state index is 0.0743. The van der Waals surface area contributed by atoms with Gasteiger partial charge < -0.3 is 24.7 Å². The van der Waals surface area contributed by atoms with Crippen molar-refractivity contribution in [1.29, 1.82) is 0 Å². The zero-order valence-electron chi connectivity index (χ0n) is 24.0. The summed E-state index contributed by atoms with van der Waals surface area (Å²) in [5.41, 5.74) is 7.08. The van der Waals surface area contributed by atoms with E-state index in [-0.39, 0.29) is 36.4 Å². The van der Waals surface area contributed by atoms with E-state index in [1.165, 1.54) is 6.07 Å². The van der Waals surface area contributed by atoms with Gasteiger partial charge in [0, 0.05) is 0 Å². The number of carbonyl (C=O) groups is 4. The maximum Gasteiger partial charge on any atom is 0.338 e. The summed E-state index contributed by atoms with van der Waals surface area (Å²) in [6, 6.07) is 12.2. The molecule has 9 heteroatoms. The smallest absolute Gasteiger partial charge is 0.338 e. The highest BCUT2D eigenvalue weighted by molar-refractivity contribution is 5.89. The summed E-state index contributed by atoms with van der Waals surface area (Å²) in [4.78, 5) is 49.9. The first-order valence-corrected chi connectivity index (χ1v) is 13.8. The van der Waals surface area contributed by atoms with Crippen LogP contribution in [0.4, 0.5) is 0 Å². The van der Waals surface area contributed by atoms with E-state index in [0.717, 1.165) is 12.8 Å². The van der Waals surface area contributed by atoms with Crippen molar-refractivity contribution >= 4 is 23.9 Å². The molecule has 0 heterocycles. The highest BCUT2D eigenvalue weighted by atomic mass is 16.6. The third-order valence-electron chi connectivity index (χ3n) is 6.21. The summed E-state index contributed by atoms with van der Waals surface area (Å²) in [5, 5.41) is 0. The minimum Gasteiger partial charge on any atom is -0.458 e. The molecule has 0 saturated heterocycles. The van der Waals surface area contributed by atoms with E-state index < -0.39 is 36.0 Å². The minimum atomic E-state index is -1.03. The van der Waals surface area contributed by atoms with Crippen LogP contribution in [0.3, 0.4) is 0 Å². The van der Waals surface area contributed by atoms with Crippen molar-refractivity contribution in [1.82, 2.24) is 0 Å². The standard InChI is InChI=1S/C31H41NO8/c1-6-11-20(3)28(33)39-26-16-15-23(18-27(26)40-29(34)21(4)12-7-2)17-25(32)31(36)38-22(5)19-37-30(35)24-13-9-8-10-14-24/h8-10,13-16,18,20-22,25H,6-7,11-12,17,19,32H2,1-5H3/t20?,21?,22-,25-/m0/s1. The summed E-state index contributed by atoms with van der Waals surface area (Å²) in [6.07, 6.45) is 2.32. The number of benzene rings is 2. The predicted molar refractivity (Wildman–Crippen MR) is 150 cm³/mol. The topological polar surface area (TPSA) is 131 Å². The zero-order chi connectivity index (χ0) is 29.7. The van der Waals surface area contributed by atoms with Gasteiger partial charge in [0.2, 0.25) is 0 Å². The van der Waals surface area contributed by atoms with Crippen LogP contribution in [0.5, 0.6) is 11.5 Å². The Kier molecular flexibility index (Phi) is 13.3. The van der Waals surface area contributed by atoms with Gasteiger partial charge in [-0.2, -0.15) is 0 Å². The van der Waals surface area contributed by atoms with Crippen LogP contribution in [0.15, 0.2) is 48.5 Å². The summed E-state index contributed by atoms with van der Waals surface area (Å²) < 4.78 is 21.7. The van der Waals surface area contributed by atoms with Gasteiger partial charge >= 0.3 is 23.9 Å². The number of carbonyl (C=O) groups excluding carboxylic acids is 4. The Bertz CT molecular complexity index is 1130. The number of hydrogen-bond donors (Lipinski definition) is 1. The first-order valence-electron chi connectivity index (χ1n) is 13.8. The van der Waals surface area contributed by atoms with Gasteiger partial charge in [-0.3, -0.25) is 14.4 Å². The summed E-state index contributed by atoms with van der Waals surface area (Å²) in [7, 11) is 0. The van der Waals surface area contributed by atoms with Crippen LogP contribution >= 0.6 is 0 Å². The lowest BCUT2D eigenvalue weighted by Crippen LogP contribution is -2.37. The van der Waals surface area contributed by atoms with Crippen LogP contribution in [0, 0.1) is 11.8 Å². The fourth-order valence-corrected chi connectivity index (χ4v) is 3.87. The SMILES string of the molecule is CCCC(C)C(=O)Oc1ccc(C[C@H](N)C(=O)O[C@@H](C)COC(=O)c2ccccc2)cc1OC(=O)C(C)CCC. The normalized spacial score (nSPS) is 13.8. The van der Waals surface area contributed by atoms with Gasteiger partial charge in [-0.1, -0.05) is 64.8 Å². The molecule has 0 radical (unpaired) electrons. The Morgan fingerprint density at radius 2 is 1.35 bits per heavy atom. The van der Waals surface area contributed by atoms with Gasteiger partial charge in [-0.05, 0) is 56.0 Å². The molecule has 2 aromatic carbocycles. The van der Waals surface area contributed by atoms with Crippen molar-refractivity contribution in [2.45, 2.75) is 78.9 Å². The largest absolute Gasteiger partial charge is 0.458 e. The molecule has 0 aromatic heterocycles. The molecular formula is C31H41NO8. The van der Waals surface area contributed by atoms with Crippen molar-refractivity contribution in [3.8, 4) is 11.5 Å². The molecule has 2 aromatic rings. The molecule has 0 aliphatic carbocycles. The molecule has 2 unspecified atom stereocenters. The number of ether oxygens (including phenoxy) is 4. The van der Waals surface area contributed by atoms with Crippen molar-refractivity contribution in [3.63, 3.8) is 0 Å². The predicted octanol–water partition coefficient (Wildman–Crippen LogP) is 5.03. The molecule has 9 nitrogen and oxygen atoms in total. The Morgan fingerprint density at radius 1 is 0.775 bits per heavy atom. The second kappa shape index (κ2) is 16.4. The number of nitrogens with two attached hydrogens (primary N) is 1. The van der Waals surface area contributed by atoms with Crippen LogP contribution in [-0.2, 0) is 30.3 Å². The molecule has 2 N–H and O–H groups in total. The van der Waals surface area contributed by atoms with Gasteiger partial charge in [-0.15, -0.1) is 0 Å². The maximum absolute atomic E-state index is 12.6. The Morgan fingerprint density at radius 3 is 1.93 bits per heavy atom.